The quantitative estimate of drug-likeness (QED) is 0.882. The van der Waals surface area contributed by atoms with Crippen molar-refractivity contribution in [3.8, 4) is 0 Å². The molecule has 2 unspecified atom stereocenters. The molecule has 1 aliphatic carbocycles. The summed E-state index contributed by atoms with van der Waals surface area (Å²) < 4.78 is 10.9. The lowest BCUT2D eigenvalue weighted by atomic mass is 10.0. The number of rotatable bonds is 5. The Balaban J connectivity index is 1.65. The number of nitrogens with zero attached hydrogens (tertiary/aromatic N) is 3. The predicted octanol–water partition coefficient (Wildman–Crippen LogP) is 1.54. The molecule has 0 bridgehead atoms. The molecule has 2 heterocycles. The van der Waals surface area contributed by atoms with Gasteiger partial charge in [-0.3, -0.25) is 0 Å². The van der Waals surface area contributed by atoms with Gasteiger partial charge in [-0.1, -0.05) is 13.3 Å². The smallest absolute Gasteiger partial charge is 0.266 e. The molecule has 3 rings (SSSR count). The van der Waals surface area contributed by atoms with Crippen LogP contribution in [0.5, 0.6) is 0 Å². The topological polar surface area (TPSA) is 63.4 Å². The van der Waals surface area contributed by atoms with E-state index >= 15 is 0 Å². The second-order valence-electron chi connectivity index (χ2n) is 5.63. The lowest BCUT2D eigenvalue weighted by molar-refractivity contribution is 0.121. The summed E-state index contributed by atoms with van der Waals surface area (Å²) in [6.07, 6.45) is 4.75. The van der Waals surface area contributed by atoms with Crippen molar-refractivity contribution in [3.63, 3.8) is 0 Å². The van der Waals surface area contributed by atoms with Crippen LogP contribution in [0.15, 0.2) is 4.52 Å². The average molecular weight is 280 g/mol. The first kappa shape index (κ1) is 13.8. The maximum atomic E-state index is 5.53. The first-order chi connectivity index (χ1) is 9.88. The summed E-state index contributed by atoms with van der Waals surface area (Å²) in [6, 6.07) is 0.493. The normalized spacial score (nSPS) is 27.1. The van der Waals surface area contributed by atoms with E-state index in [1.807, 2.05) is 0 Å². The molecule has 1 saturated carbocycles. The SMILES string of the molecule is CCCNC1CCCC1c1nc(N2CCOCC2)no1. The molecule has 112 valence electrons. The summed E-state index contributed by atoms with van der Waals surface area (Å²) in [5, 5.41) is 7.76. The van der Waals surface area contributed by atoms with Gasteiger partial charge >= 0.3 is 0 Å². The first-order valence-corrected chi connectivity index (χ1v) is 7.78. The van der Waals surface area contributed by atoms with Crippen molar-refractivity contribution < 1.29 is 9.26 Å². The Morgan fingerprint density at radius 2 is 2.15 bits per heavy atom. The van der Waals surface area contributed by atoms with Crippen LogP contribution in [-0.2, 0) is 4.74 Å². The van der Waals surface area contributed by atoms with Crippen molar-refractivity contribution in [1.29, 1.82) is 0 Å². The summed E-state index contributed by atoms with van der Waals surface area (Å²) in [4.78, 5) is 6.77. The Morgan fingerprint density at radius 3 is 2.95 bits per heavy atom. The summed E-state index contributed by atoms with van der Waals surface area (Å²) in [5.41, 5.74) is 0. The fraction of sp³-hybridized carbons (Fsp3) is 0.857. The summed E-state index contributed by atoms with van der Waals surface area (Å²) >= 11 is 0. The van der Waals surface area contributed by atoms with Gasteiger partial charge in [0.05, 0.1) is 19.1 Å². The number of hydrogen-bond acceptors (Lipinski definition) is 6. The van der Waals surface area contributed by atoms with Crippen LogP contribution in [0.1, 0.15) is 44.4 Å². The standard InChI is InChI=1S/C14H24N4O2/c1-2-6-15-12-5-3-4-11(12)13-16-14(17-20-13)18-7-9-19-10-8-18/h11-12,15H,2-10H2,1H3. The number of morpholine rings is 1. The Kier molecular flexibility index (Phi) is 4.52. The highest BCUT2D eigenvalue weighted by atomic mass is 16.5. The number of anilines is 1. The largest absolute Gasteiger partial charge is 0.378 e. The molecule has 2 atom stereocenters. The van der Waals surface area contributed by atoms with Crippen LogP contribution in [0, 0.1) is 0 Å². The van der Waals surface area contributed by atoms with Gasteiger partial charge in [0.2, 0.25) is 5.89 Å². The molecule has 1 aromatic heterocycles. The van der Waals surface area contributed by atoms with Gasteiger partial charge in [-0.2, -0.15) is 4.98 Å². The zero-order valence-electron chi connectivity index (χ0n) is 12.2. The van der Waals surface area contributed by atoms with Gasteiger partial charge in [0.25, 0.3) is 5.95 Å². The molecule has 0 spiro atoms. The average Bonchev–Trinajstić information content (AvgIpc) is 3.14. The Hall–Kier alpha value is -1.14. The first-order valence-electron chi connectivity index (χ1n) is 7.78. The molecular formula is C14H24N4O2. The third kappa shape index (κ3) is 2.96. The maximum Gasteiger partial charge on any atom is 0.266 e. The van der Waals surface area contributed by atoms with E-state index in [-0.39, 0.29) is 0 Å². The van der Waals surface area contributed by atoms with Crippen molar-refractivity contribution in [3.05, 3.63) is 5.89 Å². The van der Waals surface area contributed by atoms with Crippen LogP contribution in [-0.4, -0.2) is 49.0 Å². The van der Waals surface area contributed by atoms with Gasteiger partial charge in [-0.05, 0) is 31.0 Å². The zero-order valence-corrected chi connectivity index (χ0v) is 12.2. The Morgan fingerprint density at radius 1 is 1.30 bits per heavy atom. The zero-order chi connectivity index (χ0) is 13.8. The molecule has 0 amide bonds. The fourth-order valence-electron chi connectivity index (χ4n) is 3.10. The highest BCUT2D eigenvalue weighted by molar-refractivity contribution is 5.28. The Labute approximate surface area is 119 Å². The van der Waals surface area contributed by atoms with E-state index in [9.17, 15) is 0 Å². The molecule has 1 saturated heterocycles. The van der Waals surface area contributed by atoms with Crippen LogP contribution in [0.4, 0.5) is 5.95 Å². The second-order valence-corrected chi connectivity index (χ2v) is 5.63. The van der Waals surface area contributed by atoms with Gasteiger partial charge in [-0.25, -0.2) is 0 Å². The van der Waals surface area contributed by atoms with Gasteiger partial charge in [0, 0.05) is 19.1 Å². The molecular weight excluding hydrogens is 256 g/mol. The maximum absolute atomic E-state index is 5.53. The van der Waals surface area contributed by atoms with E-state index in [1.165, 1.54) is 12.8 Å². The third-order valence-electron chi connectivity index (χ3n) is 4.21. The van der Waals surface area contributed by atoms with Crippen molar-refractivity contribution >= 4 is 5.95 Å². The highest BCUT2D eigenvalue weighted by Crippen LogP contribution is 2.34. The van der Waals surface area contributed by atoms with E-state index in [2.05, 4.69) is 27.3 Å². The lowest BCUT2D eigenvalue weighted by Crippen LogP contribution is -2.37. The lowest BCUT2D eigenvalue weighted by Gasteiger charge is -2.24. The Bertz CT molecular complexity index is 417. The molecule has 6 heteroatoms. The minimum absolute atomic E-state index is 0.379. The minimum Gasteiger partial charge on any atom is -0.378 e. The molecule has 1 aliphatic heterocycles. The van der Waals surface area contributed by atoms with Crippen molar-refractivity contribution in [2.45, 2.75) is 44.6 Å². The predicted molar refractivity (Wildman–Crippen MR) is 76.0 cm³/mol. The number of nitrogens with one attached hydrogen (secondary N) is 1. The molecule has 20 heavy (non-hydrogen) atoms. The van der Waals surface area contributed by atoms with Crippen molar-refractivity contribution in [1.82, 2.24) is 15.5 Å². The molecule has 6 nitrogen and oxygen atoms in total. The van der Waals surface area contributed by atoms with Gasteiger partial charge in [0.1, 0.15) is 0 Å². The van der Waals surface area contributed by atoms with E-state index in [0.29, 0.717) is 12.0 Å². The summed E-state index contributed by atoms with van der Waals surface area (Å²) in [5.74, 6) is 1.91. The monoisotopic (exact) mass is 280 g/mol. The van der Waals surface area contributed by atoms with Crippen molar-refractivity contribution in [2.75, 3.05) is 37.7 Å². The second kappa shape index (κ2) is 6.54. The van der Waals surface area contributed by atoms with Gasteiger partial charge < -0.3 is 19.5 Å². The molecule has 1 aromatic rings. The number of ether oxygens (including phenoxy) is 1. The summed E-state index contributed by atoms with van der Waals surface area (Å²) in [7, 11) is 0. The minimum atomic E-state index is 0.379. The van der Waals surface area contributed by atoms with E-state index in [4.69, 9.17) is 9.26 Å². The number of aromatic nitrogens is 2. The third-order valence-corrected chi connectivity index (χ3v) is 4.21. The van der Waals surface area contributed by atoms with Crippen molar-refractivity contribution in [2.24, 2.45) is 0 Å². The fourth-order valence-corrected chi connectivity index (χ4v) is 3.10. The van der Waals surface area contributed by atoms with E-state index < -0.39 is 0 Å². The van der Waals surface area contributed by atoms with E-state index in [0.717, 1.165) is 57.5 Å². The van der Waals surface area contributed by atoms with E-state index in [1.54, 1.807) is 0 Å². The van der Waals surface area contributed by atoms with Gasteiger partial charge in [-0.15, -0.1) is 0 Å². The molecule has 2 fully saturated rings. The van der Waals surface area contributed by atoms with Crippen LogP contribution in [0.25, 0.3) is 0 Å². The van der Waals surface area contributed by atoms with Crippen LogP contribution in [0.2, 0.25) is 0 Å². The molecule has 1 N–H and O–H groups in total. The van der Waals surface area contributed by atoms with Gasteiger partial charge in [0.15, 0.2) is 0 Å². The van der Waals surface area contributed by atoms with Crippen LogP contribution in [0.3, 0.4) is 0 Å². The summed E-state index contributed by atoms with van der Waals surface area (Å²) in [6.45, 7) is 6.44. The number of hydrogen-bond donors (Lipinski definition) is 1. The molecule has 0 radical (unpaired) electrons. The van der Waals surface area contributed by atoms with Crippen LogP contribution >= 0.6 is 0 Å². The molecule has 2 aliphatic rings. The van der Waals surface area contributed by atoms with Crippen LogP contribution < -0.4 is 10.2 Å². The highest BCUT2D eigenvalue weighted by Gasteiger charge is 2.33. The molecule has 0 aromatic carbocycles.